The Labute approximate surface area is 123 Å². The summed E-state index contributed by atoms with van der Waals surface area (Å²) in [5, 5.41) is 11.6. The summed E-state index contributed by atoms with van der Waals surface area (Å²) in [5.41, 5.74) is -0.105. The second-order valence-corrected chi connectivity index (χ2v) is 5.80. The molecule has 0 spiro atoms. The molecule has 5 nitrogen and oxygen atoms in total. The first-order valence-corrected chi connectivity index (χ1v) is 6.58. The maximum Gasteiger partial charge on any atom is 0.408 e. The number of amides is 1. The second-order valence-electron chi connectivity index (χ2n) is 5.80. The van der Waals surface area contributed by atoms with E-state index in [4.69, 9.17) is 4.74 Å². The Hall–Kier alpha value is -2.11. The molecule has 0 unspecified atom stereocenters. The van der Waals surface area contributed by atoms with Crippen molar-refractivity contribution in [2.75, 3.05) is 0 Å². The van der Waals surface area contributed by atoms with E-state index in [0.717, 1.165) is 0 Å². The molecule has 2 atom stereocenters. The van der Waals surface area contributed by atoms with Crippen molar-refractivity contribution in [1.82, 2.24) is 5.32 Å². The minimum absolute atomic E-state index is 0.405. The molecule has 0 radical (unpaired) electrons. The molecule has 6 heteroatoms. The van der Waals surface area contributed by atoms with Gasteiger partial charge in [-0.25, -0.2) is 14.0 Å². The topological polar surface area (TPSA) is 75.6 Å². The molecular weight excluding hydrogens is 277 g/mol. The van der Waals surface area contributed by atoms with Gasteiger partial charge in [-0.15, -0.1) is 0 Å². The number of hydrogen-bond donors (Lipinski definition) is 2. The Morgan fingerprint density at radius 3 is 2.19 bits per heavy atom. The Bertz CT molecular complexity index is 507. The Kier molecular flexibility index (Phi) is 5.29. The third kappa shape index (κ3) is 5.41. The first-order chi connectivity index (χ1) is 9.60. The highest BCUT2D eigenvalue weighted by molar-refractivity contribution is 5.81. The lowest BCUT2D eigenvalue weighted by molar-refractivity contribution is -0.140. The van der Waals surface area contributed by atoms with Gasteiger partial charge in [0.05, 0.1) is 0 Å². The number of halogens is 1. The molecule has 0 aromatic heterocycles. The lowest BCUT2D eigenvalue weighted by Crippen LogP contribution is -2.46. The fourth-order valence-corrected chi connectivity index (χ4v) is 1.79. The first kappa shape index (κ1) is 16.9. The lowest BCUT2D eigenvalue weighted by atomic mass is 9.93. The van der Waals surface area contributed by atoms with Crippen LogP contribution in [-0.4, -0.2) is 28.8 Å². The molecule has 0 saturated carbocycles. The predicted octanol–water partition coefficient (Wildman–Crippen LogP) is 2.91. The van der Waals surface area contributed by atoms with E-state index in [-0.39, 0.29) is 0 Å². The monoisotopic (exact) mass is 297 g/mol. The molecule has 21 heavy (non-hydrogen) atoms. The van der Waals surface area contributed by atoms with E-state index < -0.39 is 35.4 Å². The number of benzene rings is 1. The standard InChI is InChI=1S/C15H20FNO4/c1-9(10-5-7-11(16)8-6-10)12(13(18)19)17-14(20)21-15(2,3)4/h5-9,12H,1-4H3,(H,17,20)(H,18,19)/t9-,12-/m1/s1. The van der Waals surface area contributed by atoms with Gasteiger partial charge in [0, 0.05) is 5.92 Å². The van der Waals surface area contributed by atoms with E-state index in [1.165, 1.54) is 24.3 Å². The zero-order valence-corrected chi connectivity index (χ0v) is 12.5. The quantitative estimate of drug-likeness (QED) is 0.896. The van der Waals surface area contributed by atoms with Crippen LogP contribution in [0.3, 0.4) is 0 Å². The highest BCUT2D eigenvalue weighted by atomic mass is 19.1. The first-order valence-electron chi connectivity index (χ1n) is 6.58. The lowest BCUT2D eigenvalue weighted by Gasteiger charge is -2.25. The molecule has 1 rings (SSSR count). The van der Waals surface area contributed by atoms with Crippen molar-refractivity contribution >= 4 is 12.1 Å². The van der Waals surface area contributed by atoms with E-state index in [9.17, 15) is 19.1 Å². The third-order valence-corrected chi connectivity index (χ3v) is 2.83. The van der Waals surface area contributed by atoms with E-state index in [1.54, 1.807) is 27.7 Å². The van der Waals surface area contributed by atoms with Gasteiger partial charge in [-0.1, -0.05) is 19.1 Å². The number of carboxylic acid groups (broad SMARTS) is 1. The summed E-state index contributed by atoms with van der Waals surface area (Å²) >= 11 is 0. The number of nitrogens with one attached hydrogen (secondary N) is 1. The molecule has 0 aliphatic heterocycles. The van der Waals surface area contributed by atoms with Crippen molar-refractivity contribution in [3.63, 3.8) is 0 Å². The minimum atomic E-state index is -1.18. The number of carbonyl (C=O) groups is 2. The van der Waals surface area contributed by atoms with E-state index >= 15 is 0 Å². The molecule has 1 aromatic rings. The summed E-state index contributed by atoms with van der Waals surface area (Å²) in [4.78, 5) is 23.0. The zero-order chi connectivity index (χ0) is 16.2. The van der Waals surface area contributed by atoms with Crippen molar-refractivity contribution in [2.45, 2.75) is 45.3 Å². The van der Waals surface area contributed by atoms with Crippen LogP contribution in [0.5, 0.6) is 0 Å². The SMILES string of the molecule is C[C@H](c1ccc(F)cc1)[C@@H](NC(=O)OC(C)(C)C)C(=O)O. The van der Waals surface area contributed by atoms with Crippen LogP contribution in [0.15, 0.2) is 24.3 Å². The summed E-state index contributed by atoms with van der Waals surface area (Å²) in [7, 11) is 0. The molecule has 1 amide bonds. The highest BCUT2D eigenvalue weighted by Crippen LogP contribution is 2.20. The van der Waals surface area contributed by atoms with E-state index in [1.807, 2.05) is 0 Å². The van der Waals surface area contributed by atoms with Gasteiger partial charge in [0.1, 0.15) is 17.5 Å². The van der Waals surface area contributed by atoms with Gasteiger partial charge in [0.15, 0.2) is 0 Å². The molecule has 0 aliphatic carbocycles. The Balaban J connectivity index is 2.84. The van der Waals surface area contributed by atoms with Crippen LogP contribution in [0.2, 0.25) is 0 Å². The molecule has 0 fully saturated rings. The van der Waals surface area contributed by atoms with E-state index in [0.29, 0.717) is 5.56 Å². The molecular formula is C15H20FNO4. The van der Waals surface area contributed by atoms with Crippen molar-refractivity contribution in [1.29, 1.82) is 0 Å². The molecule has 1 aromatic carbocycles. The van der Waals surface area contributed by atoms with Gasteiger partial charge in [-0.05, 0) is 38.5 Å². The van der Waals surface area contributed by atoms with Crippen LogP contribution in [0.4, 0.5) is 9.18 Å². The predicted molar refractivity (Wildman–Crippen MR) is 75.6 cm³/mol. The van der Waals surface area contributed by atoms with Gasteiger partial charge >= 0.3 is 12.1 Å². The third-order valence-electron chi connectivity index (χ3n) is 2.83. The molecule has 2 N–H and O–H groups in total. The largest absolute Gasteiger partial charge is 0.480 e. The average Bonchev–Trinajstić information content (AvgIpc) is 2.33. The highest BCUT2D eigenvalue weighted by Gasteiger charge is 2.29. The smallest absolute Gasteiger partial charge is 0.408 e. The number of hydrogen-bond acceptors (Lipinski definition) is 3. The van der Waals surface area contributed by atoms with Crippen LogP contribution >= 0.6 is 0 Å². The van der Waals surface area contributed by atoms with Crippen molar-refractivity contribution in [3.8, 4) is 0 Å². The Morgan fingerprint density at radius 2 is 1.76 bits per heavy atom. The molecule has 0 aliphatic rings. The van der Waals surface area contributed by atoms with Crippen LogP contribution in [0.25, 0.3) is 0 Å². The minimum Gasteiger partial charge on any atom is -0.480 e. The summed E-state index contributed by atoms with van der Waals surface area (Å²) in [6.07, 6.45) is -0.802. The van der Waals surface area contributed by atoms with Crippen molar-refractivity contribution < 1.29 is 23.8 Å². The number of alkyl carbamates (subject to hydrolysis) is 1. The molecule has 0 saturated heterocycles. The Morgan fingerprint density at radius 1 is 1.24 bits per heavy atom. The fourth-order valence-electron chi connectivity index (χ4n) is 1.79. The molecule has 0 heterocycles. The van der Waals surface area contributed by atoms with Crippen LogP contribution in [-0.2, 0) is 9.53 Å². The van der Waals surface area contributed by atoms with Crippen molar-refractivity contribution in [3.05, 3.63) is 35.6 Å². The fraction of sp³-hybridized carbons (Fsp3) is 0.467. The van der Waals surface area contributed by atoms with Gasteiger partial charge in [-0.3, -0.25) is 0 Å². The van der Waals surface area contributed by atoms with Crippen LogP contribution in [0, 0.1) is 5.82 Å². The van der Waals surface area contributed by atoms with E-state index in [2.05, 4.69) is 5.32 Å². The summed E-state index contributed by atoms with van der Waals surface area (Å²) < 4.78 is 17.9. The summed E-state index contributed by atoms with van der Waals surface area (Å²) in [5.74, 6) is -2.12. The molecule has 0 bridgehead atoms. The maximum atomic E-state index is 12.9. The van der Waals surface area contributed by atoms with Crippen molar-refractivity contribution in [2.24, 2.45) is 0 Å². The number of aliphatic carboxylic acids is 1. The number of carboxylic acids is 1. The number of carbonyl (C=O) groups excluding carboxylic acids is 1. The van der Waals surface area contributed by atoms with Crippen LogP contribution < -0.4 is 5.32 Å². The summed E-state index contributed by atoms with van der Waals surface area (Å²) in [6, 6.07) is 4.32. The van der Waals surface area contributed by atoms with Crippen LogP contribution in [0.1, 0.15) is 39.2 Å². The van der Waals surface area contributed by atoms with Gasteiger partial charge in [-0.2, -0.15) is 0 Å². The maximum absolute atomic E-state index is 12.9. The average molecular weight is 297 g/mol. The second kappa shape index (κ2) is 6.56. The van der Waals surface area contributed by atoms with Gasteiger partial charge in [0.2, 0.25) is 0 Å². The molecule has 116 valence electrons. The van der Waals surface area contributed by atoms with Gasteiger partial charge < -0.3 is 15.2 Å². The van der Waals surface area contributed by atoms with Gasteiger partial charge in [0.25, 0.3) is 0 Å². The summed E-state index contributed by atoms with van der Waals surface area (Å²) in [6.45, 7) is 6.70. The number of rotatable bonds is 4. The normalized spacial score (nSPS) is 14.1. The number of ether oxygens (including phenoxy) is 1. The zero-order valence-electron chi connectivity index (χ0n) is 12.5.